The molecular weight excluding hydrogens is 252 g/mol. The predicted molar refractivity (Wildman–Crippen MR) is 75.4 cm³/mol. The monoisotopic (exact) mass is 264 g/mol. The average molecular weight is 264 g/mol. The fraction of sp³-hybridized carbons (Fsp3) is 0.133. The molecule has 2 N–H and O–H groups in total. The molecule has 5 heteroatoms. The molecule has 0 saturated heterocycles. The van der Waals surface area contributed by atoms with Crippen LogP contribution in [0.1, 0.15) is 18.4 Å². The van der Waals surface area contributed by atoms with Gasteiger partial charge in [0.2, 0.25) is 11.7 Å². The van der Waals surface area contributed by atoms with Crippen LogP contribution in [0.15, 0.2) is 41.1 Å². The van der Waals surface area contributed by atoms with Crippen molar-refractivity contribution in [1.29, 1.82) is 0 Å². The summed E-state index contributed by atoms with van der Waals surface area (Å²) in [6, 6.07) is 9.22. The fourth-order valence-electron chi connectivity index (χ4n) is 1.93. The van der Waals surface area contributed by atoms with Crippen molar-refractivity contribution in [1.82, 2.24) is 15.1 Å². The molecule has 1 aromatic carbocycles. The highest BCUT2D eigenvalue weighted by Gasteiger charge is 2.14. The number of terminal acetylenes is 1. The van der Waals surface area contributed by atoms with E-state index in [9.17, 15) is 0 Å². The summed E-state index contributed by atoms with van der Waals surface area (Å²) in [5, 5.41) is 4.96. The molecule has 0 amide bonds. The van der Waals surface area contributed by atoms with Crippen LogP contribution in [0.25, 0.3) is 22.3 Å². The molecule has 1 unspecified atom stereocenters. The van der Waals surface area contributed by atoms with E-state index < -0.39 is 6.04 Å². The Kier molecular flexibility index (Phi) is 3.15. The number of rotatable bonds is 3. The first-order valence-corrected chi connectivity index (χ1v) is 6.16. The lowest BCUT2D eigenvalue weighted by Gasteiger charge is -1.99. The molecule has 98 valence electrons. The number of pyridine rings is 1. The minimum atomic E-state index is -0.427. The summed E-state index contributed by atoms with van der Waals surface area (Å²) in [6.45, 7) is 0. The van der Waals surface area contributed by atoms with Gasteiger partial charge in [0.25, 0.3) is 0 Å². The Labute approximate surface area is 115 Å². The van der Waals surface area contributed by atoms with Crippen molar-refractivity contribution in [2.45, 2.75) is 12.5 Å². The highest BCUT2D eigenvalue weighted by Crippen LogP contribution is 2.22. The van der Waals surface area contributed by atoms with Crippen LogP contribution in [0.2, 0.25) is 0 Å². The molecule has 20 heavy (non-hydrogen) atoms. The highest BCUT2D eigenvalue weighted by molar-refractivity contribution is 5.82. The van der Waals surface area contributed by atoms with Crippen molar-refractivity contribution in [3.05, 3.63) is 42.4 Å². The zero-order valence-corrected chi connectivity index (χ0v) is 10.7. The number of hydrogen-bond donors (Lipinski definition) is 1. The summed E-state index contributed by atoms with van der Waals surface area (Å²) in [5.74, 6) is 3.33. The van der Waals surface area contributed by atoms with Crippen LogP contribution in [0, 0.1) is 12.3 Å². The van der Waals surface area contributed by atoms with Crippen LogP contribution in [0.3, 0.4) is 0 Å². The summed E-state index contributed by atoms with van der Waals surface area (Å²) < 4.78 is 5.15. The van der Waals surface area contributed by atoms with Gasteiger partial charge in [-0.15, -0.1) is 12.3 Å². The van der Waals surface area contributed by atoms with E-state index in [-0.39, 0.29) is 0 Å². The minimum Gasteiger partial charge on any atom is -0.337 e. The highest BCUT2D eigenvalue weighted by atomic mass is 16.5. The summed E-state index contributed by atoms with van der Waals surface area (Å²) >= 11 is 0. The minimum absolute atomic E-state index is 0.351. The summed E-state index contributed by atoms with van der Waals surface area (Å²) in [6.07, 6.45) is 7.34. The van der Waals surface area contributed by atoms with Gasteiger partial charge in [0.05, 0.1) is 11.6 Å². The van der Waals surface area contributed by atoms with E-state index in [2.05, 4.69) is 21.0 Å². The zero-order valence-electron chi connectivity index (χ0n) is 10.7. The van der Waals surface area contributed by atoms with E-state index in [4.69, 9.17) is 16.7 Å². The van der Waals surface area contributed by atoms with Gasteiger partial charge in [-0.05, 0) is 24.3 Å². The molecule has 0 radical (unpaired) electrons. The van der Waals surface area contributed by atoms with Crippen molar-refractivity contribution < 1.29 is 4.52 Å². The number of fused-ring (bicyclic) bond motifs is 1. The van der Waals surface area contributed by atoms with E-state index in [1.807, 2.05) is 30.3 Å². The van der Waals surface area contributed by atoms with Crippen LogP contribution in [-0.4, -0.2) is 15.1 Å². The summed E-state index contributed by atoms with van der Waals surface area (Å²) in [7, 11) is 0. The number of benzene rings is 1. The Morgan fingerprint density at radius 1 is 1.35 bits per heavy atom. The first-order chi connectivity index (χ1) is 9.78. The van der Waals surface area contributed by atoms with E-state index in [0.717, 1.165) is 16.5 Å². The van der Waals surface area contributed by atoms with Gasteiger partial charge in [-0.2, -0.15) is 4.98 Å². The second-order valence-corrected chi connectivity index (χ2v) is 4.38. The van der Waals surface area contributed by atoms with Crippen molar-refractivity contribution in [3.63, 3.8) is 0 Å². The smallest absolute Gasteiger partial charge is 0.244 e. The molecule has 3 aromatic rings. The maximum absolute atomic E-state index is 5.84. The predicted octanol–water partition coefficient (Wildman–Crippen LogP) is 2.31. The average Bonchev–Trinajstić information content (AvgIpc) is 2.97. The van der Waals surface area contributed by atoms with Gasteiger partial charge in [0, 0.05) is 23.6 Å². The SMILES string of the molecule is C#CCC(N)c1nc(-c2ccc3ncccc3c2)no1. The van der Waals surface area contributed by atoms with E-state index >= 15 is 0 Å². The third kappa shape index (κ3) is 2.25. The molecule has 0 saturated carbocycles. The number of aromatic nitrogens is 3. The van der Waals surface area contributed by atoms with E-state index in [1.54, 1.807) is 6.20 Å². The fourth-order valence-corrected chi connectivity index (χ4v) is 1.93. The molecule has 1 atom stereocenters. The lowest BCUT2D eigenvalue weighted by atomic mass is 10.1. The molecule has 0 spiro atoms. The number of nitrogens with zero attached hydrogens (tertiary/aromatic N) is 3. The lowest BCUT2D eigenvalue weighted by molar-refractivity contribution is 0.357. The van der Waals surface area contributed by atoms with Gasteiger partial charge in [-0.3, -0.25) is 4.98 Å². The molecule has 0 aliphatic heterocycles. The van der Waals surface area contributed by atoms with Gasteiger partial charge in [-0.1, -0.05) is 11.2 Å². The van der Waals surface area contributed by atoms with Gasteiger partial charge >= 0.3 is 0 Å². The number of nitrogens with two attached hydrogens (primary N) is 1. The molecule has 5 nitrogen and oxygen atoms in total. The van der Waals surface area contributed by atoms with Gasteiger partial charge < -0.3 is 10.3 Å². The Morgan fingerprint density at radius 2 is 2.25 bits per heavy atom. The number of hydrogen-bond acceptors (Lipinski definition) is 5. The third-order valence-corrected chi connectivity index (χ3v) is 2.96. The van der Waals surface area contributed by atoms with Crippen LogP contribution in [0.4, 0.5) is 0 Å². The van der Waals surface area contributed by atoms with Crippen LogP contribution in [0.5, 0.6) is 0 Å². The van der Waals surface area contributed by atoms with Gasteiger partial charge in [0.1, 0.15) is 0 Å². The van der Waals surface area contributed by atoms with Crippen molar-refractivity contribution >= 4 is 10.9 Å². The molecule has 2 aromatic heterocycles. The molecule has 0 fully saturated rings. The van der Waals surface area contributed by atoms with Gasteiger partial charge in [-0.25, -0.2) is 0 Å². The molecule has 0 aliphatic rings. The third-order valence-electron chi connectivity index (χ3n) is 2.96. The molecule has 2 heterocycles. The second kappa shape index (κ2) is 5.11. The lowest BCUT2D eigenvalue weighted by Crippen LogP contribution is -2.09. The Morgan fingerprint density at radius 3 is 3.10 bits per heavy atom. The normalized spacial score (nSPS) is 12.2. The molecule has 0 bridgehead atoms. The van der Waals surface area contributed by atoms with Gasteiger partial charge in [0.15, 0.2) is 0 Å². The standard InChI is InChI=1S/C15H12N4O/c1-2-4-12(16)15-18-14(19-20-15)11-6-7-13-10(9-11)5-3-8-17-13/h1,3,5-9,12H,4,16H2. The van der Waals surface area contributed by atoms with Crippen molar-refractivity contribution in [2.24, 2.45) is 5.73 Å². The summed E-state index contributed by atoms with van der Waals surface area (Å²) in [5.41, 5.74) is 7.61. The first kappa shape index (κ1) is 12.3. The largest absolute Gasteiger partial charge is 0.337 e. The van der Waals surface area contributed by atoms with Crippen LogP contribution < -0.4 is 5.73 Å². The second-order valence-electron chi connectivity index (χ2n) is 4.38. The Bertz CT molecular complexity index is 788. The van der Waals surface area contributed by atoms with Crippen molar-refractivity contribution in [2.75, 3.05) is 0 Å². The maximum Gasteiger partial charge on any atom is 0.244 e. The molecule has 0 aliphatic carbocycles. The Balaban J connectivity index is 1.97. The maximum atomic E-state index is 5.84. The summed E-state index contributed by atoms with van der Waals surface area (Å²) in [4.78, 5) is 8.55. The molecule has 3 rings (SSSR count). The van der Waals surface area contributed by atoms with Crippen LogP contribution in [-0.2, 0) is 0 Å². The Hall–Kier alpha value is -2.71. The molecular formula is C15H12N4O. The van der Waals surface area contributed by atoms with E-state index in [1.165, 1.54) is 0 Å². The quantitative estimate of drug-likeness (QED) is 0.734. The first-order valence-electron chi connectivity index (χ1n) is 6.16. The van der Waals surface area contributed by atoms with Crippen molar-refractivity contribution in [3.8, 4) is 23.7 Å². The van der Waals surface area contributed by atoms with Crippen LogP contribution >= 0.6 is 0 Å². The topological polar surface area (TPSA) is 77.8 Å². The van der Waals surface area contributed by atoms with E-state index in [0.29, 0.717) is 18.1 Å². The zero-order chi connectivity index (χ0) is 13.9.